The third-order valence-corrected chi connectivity index (χ3v) is 3.41. The normalized spacial score (nSPS) is 19.0. The van der Waals surface area contributed by atoms with Crippen molar-refractivity contribution in [3.05, 3.63) is 29.3 Å². The predicted molar refractivity (Wildman–Crippen MR) is 68.8 cm³/mol. The summed E-state index contributed by atoms with van der Waals surface area (Å²) in [7, 11) is 0. The van der Waals surface area contributed by atoms with E-state index in [2.05, 4.69) is 0 Å². The van der Waals surface area contributed by atoms with Crippen LogP contribution in [-0.2, 0) is 4.79 Å². The lowest BCUT2D eigenvalue weighted by Crippen LogP contribution is -2.40. The molecule has 0 unspecified atom stereocenters. The number of carbonyl (C=O) groups excluding carboxylic acids is 1. The Morgan fingerprint density at radius 1 is 1.50 bits per heavy atom. The molecular weight excluding hydrogens is 254 g/mol. The molecule has 1 N–H and O–H groups in total. The summed E-state index contributed by atoms with van der Waals surface area (Å²) in [5, 5.41) is 9.65. The minimum Gasteiger partial charge on any atom is -0.482 e. The van der Waals surface area contributed by atoms with E-state index in [4.69, 9.17) is 21.4 Å². The highest BCUT2D eigenvalue weighted by atomic mass is 35.5. The first-order valence-corrected chi connectivity index (χ1v) is 6.38. The number of halogens is 1. The fourth-order valence-electron chi connectivity index (χ4n) is 2.14. The van der Waals surface area contributed by atoms with Crippen LogP contribution in [0.25, 0.3) is 0 Å². The smallest absolute Gasteiger partial charge is 0.260 e. The Bertz CT molecular complexity index is 424. The topological polar surface area (TPSA) is 49.8 Å². The Labute approximate surface area is 111 Å². The number of likely N-dealkylation sites (tertiary alicyclic amines) is 1. The van der Waals surface area contributed by atoms with E-state index >= 15 is 0 Å². The molecule has 0 radical (unpaired) electrons. The zero-order valence-corrected chi connectivity index (χ0v) is 10.8. The second-order valence-electron chi connectivity index (χ2n) is 4.28. The molecule has 1 atom stereocenters. The van der Waals surface area contributed by atoms with Gasteiger partial charge in [0.2, 0.25) is 0 Å². The molecule has 1 aromatic rings. The Morgan fingerprint density at radius 2 is 2.28 bits per heavy atom. The van der Waals surface area contributed by atoms with E-state index in [1.165, 1.54) is 0 Å². The maximum absolute atomic E-state index is 11.9. The van der Waals surface area contributed by atoms with Crippen LogP contribution in [0.4, 0.5) is 0 Å². The van der Waals surface area contributed by atoms with E-state index in [0.29, 0.717) is 17.3 Å². The van der Waals surface area contributed by atoms with Crippen LogP contribution in [0.3, 0.4) is 0 Å². The first kappa shape index (κ1) is 13.2. The number of amides is 1. The molecule has 1 heterocycles. The molecule has 98 valence electrons. The number of carbonyl (C=O) groups is 1. The molecule has 1 amide bonds. The third-order valence-electron chi connectivity index (χ3n) is 3.10. The first-order chi connectivity index (χ1) is 8.72. The van der Waals surface area contributed by atoms with Crippen LogP contribution in [0.15, 0.2) is 24.3 Å². The van der Waals surface area contributed by atoms with Crippen LogP contribution in [0, 0.1) is 0 Å². The fourth-order valence-corrected chi connectivity index (χ4v) is 2.33. The largest absolute Gasteiger partial charge is 0.482 e. The van der Waals surface area contributed by atoms with Crippen molar-refractivity contribution in [2.24, 2.45) is 0 Å². The SMILES string of the molecule is O=C(COc1ccccc1Cl)N1CCC[C@H]1CO. The molecule has 0 spiro atoms. The van der Waals surface area contributed by atoms with Gasteiger partial charge in [0.25, 0.3) is 5.91 Å². The second-order valence-corrected chi connectivity index (χ2v) is 4.69. The molecule has 0 aliphatic carbocycles. The Hall–Kier alpha value is -1.26. The number of rotatable bonds is 4. The average molecular weight is 270 g/mol. The van der Waals surface area contributed by atoms with Crippen LogP contribution in [0.2, 0.25) is 5.02 Å². The van der Waals surface area contributed by atoms with Crippen LogP contribution < -0.4 is 4.74 Å². The van der Waals surface area contributed by atoms with Crippen molar-refractivity contribution in [3.63, 3.8) is 0 Å². The van der Waals surface area contributed by atoms with Crippen molar-refractivity contribution < 1.29 is 14.6 Å². The third kappa shape index (κ3) is 2.94. The van der Waals surface area contributed by atoms with Gasteiger partial charge in [-0.25, -0.2) is 0 Å². The molecule has 18 heavy (non-hydrogen) atoms. The number of ether oxygens (including phenoxy) is 1. The molecule has 0 bridgehead atoms. The minimum absolute atomic E-state index is 0.0117. The Morgan fingerprint density at radius 3 is 3.00 bits per heavy atom. The molecule has 4 nitrogen and oxygen atoms in total. The number of aliphatic hydroxyl groups is 1. The lowest BCUT2D eigenvalue weighted by atomic mass is 10.2. The maximum Gasteiger partial charge on any atom is 0.260 e. The van der Waals surface area contributed by atoms with Gasteiger partial charge in [0.05, 0.1) is 17.7 Å². The summed E-state index contributed by atoms with van der Waals surface area (Å²) in [5.74, 6) is 0.402. The predicted octanol–water partition coefficient (Wildman–Crippen LogP) is 1.70. The summed E-state index contributed by atoms with van der Waals surface area (Å²) in [4.78, 5) is 13.6. The van der Waals surface area contributed by atoms with Gasteiger partial charge in [-0.3, -0.25) is 4.79 Å². The van der Waals surface area contributed by atoms with Gasteiger partial charge >= 0.3 is 0 Å². The Kier molecular flexibility index (Phi) is 4.44. The highest BCUT2D eigenvalue weighted by Gasteiger charge is 2.28. The molecule has 5 heteroatoms. The van der Waals surface area contributed by atoms with Crippen molar-refractivity contribution >= 4 is 17.5 Å². The van der Waals surface area contributed by atoms with Gasteiger partial charge in [-0.1, -0.05) is 23.7 Å². The van der Waals surface area contributed by atoms with E-state index in [1.807, 2.05) is 0 Å². The summed E-state index contributed by atoms with van der Waals surface area (Å²) < 4.78 is 5.40. The van der Waals surface area contributed by atoms with Crippen molar-refractivity contribution in [3.8, 4) is 5.75 Å². The van der Waals surface area contributed by atoms with Crippen LogP contribution >= 0.6 is 11.6 Å². The van der Waals surface area contributed by atoms with Gasteiger partial charge in [-0.2, -0.15) is 0 Å². The zero-order valence-electron chi connectivity index (χ0n) is 10.0. The summed E-state index contributed by atoms with van der Waals surface area (Å²) in [6, 6.07) is 6.99. The number of para-hydroxylation sites is 1. The molecule has 0 saturated carbocycles. The molecule has 1 saturated heterocycles. The molecule has 2 rings (SSSR count). The van der Waals surface area contributed by atoms with E-state index in [9.17, 15) is 4.79 Å². The van der Waals surface area contributed by atoms with Gasteiger partial charge in [-0.15, -0.1) is 0 Å². The van der Waals surface area contributed by atoms with Crippen LogP contribution in [0.1, 0.15) is 12.8 Å². The lowest BCUT2D eigenvalue weighted by molar-refractivity contribution is -0.134. The number of aliphatic hydroxyl groups excluding tert-OH is 1. The standard InChI is InChI=1S/C13H16ClNO3/c14-11-5-1-2-6-12(11)18-9-13(17)15-7-3-4-10(15)8-16/h1-2,5-6,10,16H,3-4,7-9H2/t10-/m0/s1. The lowest BCUT2D eigenvalue weighted by Gasteiger charge is -2.23. The highest BCUT2D eigenvalue weighted by Crippen LogP contribution is 2.23. The van der Waals surface area contributed by atoms with E-state index in [-0.39, 0.29) is 25.2 Å². The van der Waals surface area contributed by atoms with Crippen molar-refractivity contribution in [2.75, 3.05) is 19.8 Å². The summed E-state index contributed by atoms with van der Waals surface area (Å²) in [6.07, 6.45) is 1.79. The second kappa shape index (κ2) is 6.07. The molecule has 1 aromatic carbocycles. The molecular formula is C13H16ClNO3. The van der Waals surface area contributed by atoms with E-state index in [0.717, 1.165) is 12.8 Å². The molecule has 0 aromatic heterocycles. The molecule has 1 aliphatic rings. The van der Waals surface area contributed by atoms with Crippen molar-refractivity contribution in [2.45, 2.75) is 18.9 Å². The van der Waals surface area contributed by atoms with E-state index < -0.39 is 0 Å². The van der Waals surface area contributed by atoms with Gasteiger partial charge in [0.1, 0.15) is 5.75 Å². The maximum atomic E-state index is 11.9. The molecule has 1 aliphatic heterocycles. The Balaban J connectivity index is 1.90. The number of nitrogens with zero attached hydrogens (tertiary/aromatic N) is 1. The first-order valence-electron chi connectivity index (χ1n) is 6.00. The van der Waals surface area contributed by atoms with Crippen LogP contribution in [-0.4, -0.2) is 41.7 Å². The van der Waals surface area contributed by atoms with Crippen molar-refractivity contribution in [1.29, 1.82) is 0 Å². The highest BCUT2D eigenvalue weighted by molar-refractivity contribution is 6.32. The van der Waals surface area contributed by atoms with Crippen LogP contribution in [0.5, 0.6) is 5.75 Å². The van der Waals surface area contributed by atoms with Crippen molar-refractivity contribution in [1.82, 2.24) is 4.90 Å². The average Bonchev–Trinajstić information content (AvgIpc) is 2.86. The number of hydrogen-bond donors (Lipinski definition) is 1. The van der Waals surface area contributed by atoms with E-state index in [1.54, 1.807) is 29.2 Å². The quantitative estimate of drug-likeness (QED) is 0.905. The van der Waals surface area contributed by atoms with Gasteiger partial charge in [0, 0.05) is 6.54 Å². The summed E-state index contributed by atoms with van der Waals surface area (Å²) in [5.41, 5.74) is 0. The molecule has 1 fully saturated rings. The summed E-state index contributed by atoms with van der Waals surface area (Å²) >= 11 is 5.93. The van der Waals surface area contributed by atoms with Gasteiger partial charge in [-0.05, 0) is 25.0 Å². The van der Waals surface area contributed by atoms with Gasteiger partial charge < -0.3 is 14.7 Å². The van der Waals surface area contributed by atoms with Gasteiger partial charge in [0.15, 0.2) is 6.61 Å². The monoisotopic (exact) mass is 269 g/mol. The summed E-state index contributed by atoms with van der Waals surface area (Å²) in [6.45, 7) is 0.661. The number of benzene rings is 1. The zero-order chi connectivity index (χ0) is 13.0. The number of hydrogen-bond acceptors (Lipinski definition) is 3. The fraction of sp³-hybridized carbons (Fsp3) is 0.462. The minimum atomic E-state index is -0.105.